The van der Waals surface area contributed by atoms with Gasteiger partial charge in [-0.05, 0) is 37.1 Å². The van der Waals surface area contributed by atoms with Crippen LogP contribution in [0.3, 0.4) is 0 Å². The number of nitrogens with two attached hydrogens (primary N) is 1. The Morgan fingerprint density at radius 3 is 2.80 bits per heavy atom. The first-order valence-corrected chi connectivity index (χ1v) is 6.94. The van der Waals surface area contributed by atoms with Crippen molar-refractivity contribution in [2.24, 2.45) is 5.73 Å². The van der Waals surface area contributed by atoms with Crippen LogP contribution in [0.2, 0.25) is 0 Å². The molecule has 2 rings (SSSR count). The molecule has 0 aliphatic heterocycles. The Labute approximate surface area is 119 Å². The summed E-state index contributed by atoms with van der Waals surface area (Å²) < 4.78 is 0. The van der Waals surface area contributed by atoms with Gasteiger partial charge in [0.05, 0.1) is 6.04 Å². The Morgan fingerprint density at radius 2 is 2.15 bits per heavy atom. The van der Waals surface area contributed by atoms with Crippen molar-refractivity contribution in [3.8, 4) is 5.75 Å². The molecule has 2 aromatic rings. The number of hydrogen-bond acceptors (Lipinski definition) is 3. The fourth-order valence-electron chi connectivity index (χ4n) is 1.97. The molecule has 20 heavy (non-hydrogen) atoms. The van der Waals surface area contributed by atoms with Crippen molar-refractivity contribution in [3.63, 3.8) is 0 Å². The van der Waals surface area contributed by atoms with Crippen LogP contribution in [0.25, 0.3) is 10.9 Å². The number of phenolic OH excluding ortho intramolecular Hbond substituents is 1. The number of likely N-dealkylation sites (N-methyl/N-ethyl adjacent to an activating group) is 1. The van der Waals surface area contributed by atoms with Crippen LogP contribution in [-0.2, 0) is 11.2 Å². The standard InChI is InChI=1S/C13H17N3O2.C2H6/c1-2-15-13(18)11(14)5-8-7-16-12-4-3-9(17)6-10(8)12;1-2/h3-4,6-7,11,16-17H,2,5,14H2,1H3,(H,15,18);1-2H3. The van der Waals surface area contributed by atoms with Crippen molar-refractivity contribution in [2.75, 3.05) is 6.54 Å². The quantitative estimate of drug-likeness (QED) is 0.688. The first-order chi connectivity index (χ1) is 9.61. The number of aromatic nitrogens is 1. The SMILES string of the molecule is CC.CCNC(=O)C(N)Cc1c[nH]c2ccc(O)cc12. The number of fused-ring (bicyclic) bond motifs is 1. The van der Waals surface area contributed by atoms with E-state index in [0.717, 1.165) is 16.5 Å². The predicted octanol–water partition coefficient (Wildman–Crippen LogP) is 1.91. The van der Waals surface area contributed by atoms with Gasteiger partial charge >= 0.3 is 0 Å². The van der Waals surface area contributed by atoms with Gasteiger partial charge in [-0.2, -0.15) is 0 Å². The summed E-state index contributed by atoms with van der Waals surface area (Å²) in [6.07, 6.45) is 2.26. The monoisotopic (exact) mass is 277 g/mol. The normalized spacial score (nSPS) is 11.6. The van der Waals surface area contributed by atoms with Gasteiger partial charge in [-0.1, -0.05) is 13.8 Å². The molecular formula is C15H23N3O2. The summed E-state index contributed by atoms with van der Waals surface area (Å²) in [4.78, 5) is 14.7. The zero-order valence-electron chi connectivity index (χ0n) is 12.2. The molecule has 0 spiro atoms. The van der Waals surface area contributed by atoms with Crippen LogP contribution in [0.5, 0.6) is 5.75 Å². The largest absolute Gasteiger partial charge is 0.508 e. The second-order valence-electron chi connectivity index (χ2n) is 4.25. The maximum Gasteiger partial charge on any atom is 0.237 e. The Kier molecular flexibility index (Phi) is 6.06. The van der Waals surface area contributed by atoms with E-state index in [-0.39, 0.29) is 11.7 Å². The third kappa shape index (κ3) is 3.74. The maximum atomic E-state index is 11.6. The number of hydrogen-bond donors (Lipinski definition) is 4. The van der Waals surface area contributed by atoms with E-state index in [1.54, 1.807) is 18.2 Å². The van der Waals surface area contributed by atoms with Crippen LogP contribution in [0.1, 0.15) is 26.3 Å². The molecular weight excluding hydrogens is 254 g/mol. The first kappa shape index (κ1) is 16.0. The highest BCUT2D eigenvalue weighted by atomic mass is 16.3. The number of carbonyl (C=O) groups excluding carboxylic acids is 1. The molecule has 0 bridgehead atoms. The van der Waals surface area contributed by atoms with Gasteiger partial charge in [0.15, 0.2) is 0 Å². The molecule has 1 aromatic carbocycles. The minimum Gasteiger partial charge on any atom is -0.508 e. The van der Waals surface area contributed by atoms with Crippen molar-refractivity contribution in [1.29, 1.82) is 0 Å². The van der Waals surface area contributed by atoms with E-state index >= 15 is 0 Å². The van der Waals surface area contributed by atoms with Gasteiger partial charge in [0.25, 0.3) is 0 Å². The van der Waals surface area contributed by atoms with E-state index < -0.39 is 6.04 Å². The third-order valence-electron chi connectivity index (χ3n) is 2.88. The Morgan fingerprint density at radius 1 is 1.45 bits per heavy atom. The lowest BCUT2D eigenvalue weighted by molar-refractivity contribution is -0.122. The molecule has 1 heterocycles. The van der Waals surface area contributed by atoms with E-state index in [2.05, 4.69) is 10.3 Å². The summed E-state index contributed by atoms with van der Waals surface area (Å²) >= 11 is 0. The molecule has 0 aliphatic rings. The van der Waals surface area contributed by atoms with E-state index in [0.29, 0.717) is 13.0 Å². The predicted molar refractivity (Wildman–Crippen MR) is 81.7 cm³/mol. The van der Waals surface area contributed by atoms with Gasteiger partial charge in [0.2, 0.25) is 5.91 Å². The van der Waals surface area contributed by atoms with Crippen molar-refractivity contribution >= 4 is 16.8 Å². The number of aromatic amines is 1. The van der Waals surface area contributed by atoms with E-state index in [4.69, 9.17) is 5.73 Å². The van der Waals surface area contributed by atoms with Gasteiger partial charge in [0, 0.05) is 23.6 Å². The Balaban J connectivity index is 0.000000956. The van der Waals surface area contributed by atoms with Crippen molar-refractivity contribution in [3.05, 3.63) is 30.0 Å². The molecule has 5 N–H and O–H groups in total. The molecule has 5 heteroatoms. The number of amides is 1. The number of rotatable bonds is 4. The van der Waals surface area contributed by atoms with Crippen molar-refractivity contribution < 1.29 is 9.90 Å². The fraction of sp³-hybridized carbons (Fsp3) is 0.400. The summed E-state index contributed by atoms with van der Waals surface area (Å²) in [5.41, 5.74) is 7.69. The second-order valence-corrected chi connectivity index (χ2v) is 4.25. The molecule has 0 saturated carbocycles. The molecule has 1 aromatic heterocycles. The minimum absolute atomic E-state index is 0.160. The van der Waals surface area contributed by atoms with Gasteiger partial charge < -0.3 is 21.1 Å². The van der Waals surface area contributed by atoms with Gasteiger partial charge in [0.1, 0.15) is 5.75 Å². The number of benzene rings is 1. The minimum atomic E-state index is -0.578. The van der Waals surface area contributed by atoms with Crippen LogP contribution in [0.15, 0.2) is 24.4 Å². The number of phenols is 1. The molecule has 110 valence electrons. The summed E-state index contributed by atoms with van der Waals surface area (Å²) in [6.45, 7) is 6.43. The fourth-order valence-corrected chi connectivity index (χ4v) is 1.97. The highest BCUT2D eigenvalue weighted by Crippen LogP contribution is 2.23. The molecule has 0 radical (unpaired) electrons. The molecule has 0 aliphatic carbocycles. The number of aromatic hydroxyl groups is 1. The summed E-state index contributed by atoms with van der Waals surface area (Å²) in [7, 11) is 0. The van der Waals surface area contributed by atoms with Crippen LogP contribution in [-0.4, -0.2) is 28.6 Å². The Hall–Kier alpha value is -2.01. The highest BCUT2D eigenvalue weighted by molar-refractivity contribution is 5.86. The van der Waals surface area contributed by atoms with Gasteiger partial charge in [-0.15, -0.1) is 0 Å². The molecule has 5 nitrogen and oxygen atoms in total. The Bertz CT molecular complexity index is 563. The van der Waals surface area contributed by atoms with Crippen molar-refractivity contribution in [2.45, 2.75) is 33.2 Å². The summed E-state index contributed by atoms with van der Waals surface area (Å²) in [5, 5.41) is 13.1. The lowest BCUT2D eigenvalue weighted by Gasteiger charge is -2.10. The van der Waals surface area contributed by atoms with E-state index in [1.165, 1.54) is 0 Å². The number of H-pyrrole nitrogens is 1. The molecule has 0 saturated heterocycles. The zero-order valence-corrected chi connectivity index (χ0v) is 12.2. The lowest BCUT2D eigenvalue weighted by atomic mass is 10.0. The van der Waals surface area contributed by atoms with Gasteiger partial charge in [-0.25, -0.2) is 0 Å². The summed E-state index contributed by atoms with van der Waals surface area (Å²) in [6, 6.07) is 4.51. The average Bonchev–Trinajstić information content (AvgIpc) is 2.84. The second kappa shape index (κ2) is 7.55. The smallest absolute Gasteiger partial charge is 0.237 e. The highest BCUT2D eigenvalue weighted by Gasteiger charge is 2.15. The number of carbonyl (C=O) groups is 1. The maximum absolute atomic E-state index is 11.6. The molecule has 1 amide bonds. The molecule has 1 unspecified atom stereocenters. The van der Waals surface area contributed by atoms with Crippen LogP contribution in [0.4, 0.5) is 0 Å². The number of nitrogens with one attached hydrogen (secondary N) is 2. The molecule has 1 atom stereocenters. The van der Waals surface area contributed by atoms with Crippen LogP contribution < -0.4 is 11.1 Å². The van der Waals surface area contributed by atoms with Crippen molar-refractivity contribution in [1.82, 2.24) is 10.3 Å². The topological polar surface area (TPSA) is 91.1 Å². The first-order valence-electron chi connectivity index (χ1n) is 6.94. The van der Waals surface area contributed by atoms with E-state index in [9.17, 15) is 9.90 Å². The van der Waals surface area contributed by atoms with Crippen LogP contribution in [0, 0.1) is 0 Å². The van der Waals surface area contributed by atoms with E-state index in [1.807, 2.05) is 27.0 Å². The van der Waals surface area contributed by atoms with Gasteiger partial charge in [-0.3, -0.25) is 4.79 Å². The molecule has 0 fully saturated rings. The zero-order chi connectivity index (χ0) is 15.1. The average molecular weight is 277 g/mol. The van der Waals surface area contributed by atoms with Crippen LogP contribution >= 0.6 is 0 Å². The third-order valence-corrected chi connectivity index (χ3v) is 2.88. The summed E-state index contributed by atoms with van der Waals surface area (Å²) in [5.74, 6) is 0.0435. The lowest BCUT2D eigenvalue weighted by Crippen LogP contribution is -2.41.